The first-order chi connectivity index (χ1) is 12.1. The third kappa shape index (κ3) is 4.78. The maximum atomic E-state index is 13.5. The fourth-order valence-electron chi connectivity index (χ4n) is 3.14. The zero-order valence-electron chi connectivity index (χ0n) is 15.4. The van der Waals surface area contributed by atoms with Gasteiger partial charge >= 0.3 is 12.1 Å². The molecule has 1 aliphatic carbocycles. The largest absolute Gasteiger partial charge is 0.501 e. The number of halogens is 3. The zero-order chi connectivity index (χ0) is 20.0. The molecule has 0 aromatic rings. The van der Waals surface area contributed by atoms with E-state index in [-0.39, 0.29) is 24.4 Å². The summed E-state index contributed by atoms with van der Waals surface area (Å²) in [7, 11) is 1.15. The van der Waals surface area contributed by atoms with Gasteiger partial charge < -0.3 is 14.6 Å². The minimum Gasteiger partial charge on any atom is -0.501 e. The Hall–Kier alpha value is -1.57. The fourth-order valence-corrected chi connectivity index (χ4v) is 3.14. The third-order valence-electron chi connectivity index (χ3n) is 4.59. The topological polar surface area (TPSA) is 72.8 Å². The number of ketones is 1. The molecule has 0 aromatic heterocycles. The van der Waals surface area contributed by atoms with E-state index in [4.69, 9.17) is 4.74 Å². The summed E-state index contributed by atoms with van der Waals surface area (Å²) in [6, 6.07) is 0. The molecule has 0 heterocycles. The van der Waals surface area contributed by atoms with Gasteiger partial charge in [0.2, 0.25) is 0 Å². The molecule has 0 amide bonds. The molecule has 0 fully saturated rings. The van der Waals surface area contributed by atoms with Crippen LogP contribution < -0.4 is 0 Å². The van der Waals surface area contributed by atoms with E-state index in [1.165, 1.54) is 6.92 Å². The smallest absolute Gasteiger partial charge is 0.418 e. The van der Waals surface area contributed by atoms with E-state index in [1.54, 1.807) is 0 Å². The van der Waals surface area contributed by atoms with Crippen LogP contribution in [0.4, 0.5) is 13.2 Å². The molecule has 2 unspecified atom stereocenters. The number of carbonyl (C=O) groups excluding carboxylic acids is 2. The van der Waals surface area contributed by atoms with E-state index in [0.29, 0.717) is 6.42 Å². The van der Waals surface area contributed by atoms with Gasteiger partial charge in [0.15, 0.2) is 17.3 Å². The molecule has 0 saturated heterocycles. The Kier molecular flexibility index (Phi) is 8.12. The van der Waals surface area contributed by atoms with Gasteiger partial charge in [0.1, 0.15) is 5.76 Å². The predicted molar refractivity (Wildman–Crippen MR) is 88.2 cm³/mol. The molecular formula is C18H27F3O5. The standard InChI is InChI=1S/C18H27F3O5/c1-4-6-7-8-9-10-12-13(25-3)11-17(24,18(19,20)21)14(15(12)22)16(23)26-5-2/h14,24H,4-11H2,1-3H3. The number of rotatable bonds is 9. The second kappa shape index (κ2) is 9.39. The highest BCUT2D eigenvalue weighted by Gasteiger charge is 2.66. The maximum Gasteiger partial charge on any atom is 0.418 e. The van der Waals surface area contributed by atoms with E-state index >= 15 is 0 Å². The van der Waals surface area contributed by atoms with Gasteiger partial charge in [0, 0.05) is 12.0 Å². The molecule has 1 N–H and O–H groups in total. The van der Waals surface area contributed by atoms with E-state index in [0.717, 1.165) is 32.8 Å². The molecule has 26 heavy (non-hydrogen) atoms. The van der Waals surface area contributed by atoms with Crippen LogP contribution >= 0.6 is 0 Å². The molecule has 0 saturated carbocycles. The summed E-state index contributed by atoms with van der Waals surface area (Å²) >= 11 is 0. The van der Waals surface area contributed by atoms with Gasteiger partial charge in [-0.25, -0.2) is 0 Å². The van der Waals surface area contributed by atoms with Crippen LogP contribution in [0.15, 0.2) is 11.3 Å². The molecular weight excluding hydrogens is 353 g/mol. The summed E-state index contributed by atoms with van der Waals surface area (Å²) in [6.45, 7) is 3.28. The Morgan fingerprint density at radius 1 is 1.23 bits per heavy atom. The highest BCUT2D eigenvalue weighted by atomic mass is 19.4. The van der Waals surface area contributed by atoms with Gasteiger partial charge in [0.05, 0.1) is 13.7 Å². The molecule has 8 heteroatoms. The van der Waals surface area contributed by atoms with E-state index < -0.39 is 35.9 Å². The molecule has 0 bridgehead atoms. The first-order valence-electron chi connectivity index (χ1n) is 8.89. The molecule has 0 aliphatic heterocycles. The van der Waals surface area contributed by atoms with Gasteiger partial charge in [-0.2, -0.15) is 13.2 Å². The van der Waals surface area contributed by atoms with Crippen molar-refractivity contribution in [2.24, 2.45) is 5.92 Å². The minimum atomic E-state index is -5.18. The number of methoxy groups -OCH3 is 1. The van der Waals surface area contributed by atoms with Crippen LogP contribution in [-0.2, 0) is 19.1 Å². The van der Waals surface area contributed by atoms with Crippen molar-refractivity contribution in [1.82, 2.24) is 0 Å². The van der Waals surface area contributed by atoms with Crippen molar-refractivity contribution in [3.05, 3.63) is 11.3 Å². The van der Waals surface area contributed by atoms with Crippen molar-refractivity contribution in [2.45, 2.75) is 70.6 Å². The predicted octanol–water partition coefficient (Wildman–Crippen LogP) is 3.69. The Bertz CT molecular complexity index is 541. The number of hydrogen-bond acceptors (Lipinski definition) is 5. The molecule has 0 spiro atoms. The molecule has 150 valence electrons. The Labute approximate surface area is 151 Å². The monoisotopic (exact) mass is 380 g/mol. The van der Waals surface area contributed by atoms with Crippen LogP contribution in [0.5, 0.6) is 0 Å². The summed E-state index contributed by atoms with van der Waals surface area (Å²) in [5.74, 6) is -4.98. The van der Waals surface area contributed by atoms with Crippen molar-refractivity contribution in [2.75, 3.05) is 13.7 Å². The summed E-state index contributed by atoms with van der Waals surface area (Å²) in [5, 5.41) is 10.2. The normalized spacial score (nSPS) is 24.0. The second-order valence-corrected chi connectivity index (χ2v) is 6.42. The number of allylic oxidation sites excluding steroid dienone is 1. The van der Waals surface area contributed by atoms with Crippen molar-refractivity contribution >= 4 is 11.8 Å². The molecule has 1 aliphatic rings. The Morgan fingerprint density at radius 3 is 2.35 bits per heavy atom. The molecule has 5 nitrogen and oxygen atoms in total. The van der Waals surface area contributed by atoms with Gasteiger partial charge in [-0.3, -0.25) is 9.59 Å². The number of ether oxygens (including phenoxy) is 2. The van der Waals surface area contributed by atoms with Gasteiger partial charge in [0.25, 0.3) is 0 Å². The maximum absolute atomic E-state index is 13.5. The fraction of sp³-hybridized carbons (Fsp3) is 0.778. The zero-order valence-corrected chi connectivity index (χ0v) is 15.4. The van der Waals surface area contributed by atoms with Crippen molar-refractivity contribution in [3.63, 3.8) is 0 Å². The van der Waals surface area contributed by atoms with Crippen LogP contribution in [0.2, 0.25) is 0 Å². The molecule has 2 atom stereocenters. The van der Waals surface area contributed by atoms with Crippen LogP contribution in [-0.4, -0.2) is 42.4 Å². The summed E-state index contributed by atoms with van der Waals surface area (Å²) < 4.78 is 50.1. The molecule has 0 aromatic carbocycles. The summed E-state index contributed by atoms with van der Waals surface area (Å²) in [5.41, 5.74) is -3.50. The average molecular weight is 380 g/mol. The first kappa shape index (κ1) is 22.5. The van der Waals surface area contributed by atoms with E-state index in [1.807, 2.05) is 0 Å². The quantitative estimate of drug-likeness (QED) is 0.375. The summed E-state index contributed by atoms with van der Waals surface area (Å²) in [4.78, 5) is 24.8. The number of alkyl halides is 3. The molecule has 1 rings (SSSR count). The third-order valence-corrected chi connectivity index (χ3v) is 4.59. The number of hydrogen-bond donors (Lipinski definition) is 1. The lowest BCUT2D eigenvalue weighted by atomic mass is 9.72. The van der Waals surface area contributed by atoms with Crippen molar-refractivity contribution in [1.29, 1.82) is 0 Å². The van der Waals surface area contributed by atoms with E-state index in [2.05, 4.69) is 11.7 Å². The lowest BCUT2D eigenvalue weighted by Crippen LogP contribution is -2.59. The van der Waals surface area contributed by atoms with Crippen LogP contribution in [0.3, 0.4) is 0 Å². The van der Waals surface area contributed by atoms with Crippen LogP contribution in [0.1, 0.15) is 58.8 Å². The van der Waals surface area contributed by atoms with Gasteiger partial charge in [-0.1, -0.05) is 32.6 Å². The van der Waals surface area contributed by atoms with Gasteiger partial charge in [-0.05, 0) is 19.8 Å². The number of Topliss-reactive ketones (excluding diaryl/α,β-unsaturated/α-hetero) is 1. The van der Waals surface area contributed by atoms with Crippen LogP contribution in [0.25, 0.3) is 0 Å². The Balaban J connectivity index is 3.17. The number of unbranched alkanes of at least 4 members (excludes halogenated alkanes) is 4. The second-order valence-electron chi connectivity index (χ2n) is 6.42. The highest BCUT2D eigenvalue weighted by molar-refractivity contribution is 6.10. The van der Waals surface area contributed by atoms with Crippen LogP contribution in [0, 0.1) is 5.92 Å². The average Bonchev–Trinajstić information content (AvgIpc) is 2.55. The molecule has 0 radical (unpaired) electrons. The van der Waals surface area contributed by atoms with E-state index in [9.17, 15) is 27.9 Å². The number of carbonyl (C=O) groups is 2. The lowest BCUT2D eigenvalue weighted by molar-refractivity contribution is -0.279. The number of aliphatic hydroxyl groups is 1. The lowest BCUT2D eigenvalue weighted by Gasteiger charge is -2.39. The Morgan fingerprint density at radius 2 is 1.85 bits per heavy atom. The number of esters is 1. The van der Waals surface area contributed by atoms with Crippen molar-refractivity contribution in [3.8, 4) is 0 Å². The minimum absolute atomic E-state index is 0.0379. The van der Waals surface area contributed by atoms with Crippen molar-refractivity contribution < 1.29 is 37.3 Å². The van der Waals surface area contributed by atoms with Gasteiger partial charge in [-0.15, -0.1) is 0 Å². The highest BCUT2D eigenvalue weighted by Crippen LogP contribution is 2.47. The first-order valence-corrected chi connectivity index (χ1v) is 8.89. The SMILES string of the molecule is CCCCCCCC1=C(OC)CC(O)(C(F)(F)F)C(C(=O)OCC)C1=O. The summed E-state index contributed by atoms with van der Waals surface area (Å²) in [6.07, 6.45) is -1.53.